The van der Waals surface area contributed by atoms with Gasteiger partial charge in [-0.05, 0) is 62.7 Å². The van der Waals surface area contributed by atoms with Gasteiger partial charge >= 0.3 is 11.8 Å². The summed E-state index contributed by atoms with van der Waals surface area (Å²) in [4.78, 5) is 0. The van der Waals surface area contributed by atoms with Crippen molar-refractivity contribution < 1.29 is 30.7 Å². The zero-order valence-electron chi connectivity index (χ0n) is 17.0. The minimum Gasteiger partial charge on any atom is -0.244 e. The minimum atomic E-state index is -4.07. The molecule has 29 heavy (non-hydrogen) atoms. The Kier molecular flexibility index (Phi) is 7.14. The van der Waals surface area contributed by atoms with Crippen molar-refractivity contribution in [3.63, 3.8) is 0 Å². The van der Waals surface area contributed by atoms with Gasteiger partial charge in [0.1, 0.15) is 12.3 Å². The fourth-order valence-electron chi connectivity index (χ4n) is 5.88. The summed E-state index contributed by atoms with van der Waals surface area (Å²) >= 11 is 0. The lowest BCUT2D eigenvalue weighted by molar-refractivity contribution is -0.267. The molecule has 0 bridgehead atoms. The van der Waals surface area contributed by atoms with Crippen molar-refractivity contribution in [2.75, 3.05) is 0 Å². The molecular formula is C22H33F7. The van der Waals surface area contributed by atoms with Crippen LogP contribution in [0.3, 0.4) is 0 Å². The monoisotopic (exact) mass is 430 g/mol. The van der Waals surface area contributed by atoms with Gasteiger partial charge in [0.15, 0.2) is 6.17 Å². The summed E-state index contributed by atoms with van der Waals surface area (Å²) in [6, 6.07) is 0. The average Bonchev–Trinajstić information content (AvgIpc) is 2.92. The topological polar surface area (TPSA) is 0 Å². The maximum Gasteiger partial charge on any atom is 0.313 e. The predicted octanol–water partition coefficient (Wildman–Crippen LogP) is 7.70. The van der Waals surface area contributed by atoms with Crippen LogP contribution in [0.25, 0.3) is 0 Å². The van der Waals surface area contributed by atoms with Gasteiger partial charge in [-0.15, -0.1) is 0 Å². The Labute approximate surface area is 169 Å². The molecule has 0 saturated heterocycles. The highest BCUT2D eigenvalue weighted by atomic mass is 19.3. The van der Waals surface area contributed by atoms with Gasteiger partial charge in [0.25, 0.3) is 0 Å². The van der Waals surface area contributed by atoms with Gasteiger partial charge in [0.2, 0.25) is 0 Å². The highest BCUT2D eigenvalue weighted by molar-refractivity contribution is 4.98. The Balaban J connectivity index is 1.63. The predicted molar refractivity (Wildman–Crippen MR) is 98.5 cm³/mol. The van der Waals surface area contributed by atoms with Gasteiger partial charge in [-0.25, -0.2) is 13.2 Å². The largest absolute Gasteiger partial charge is 0.313 e. The number of hydrogen-bond donors (Lipinski definition) is 0. The average molecular weight is 430 g/mol. The zero-order chi connectivity index (χ0) is 21.4. The Hall–Kier alpha value is -0.490. The summed E-state index contributed by atoms with van der Waals surface area (Å²) in [6.07, 6.45) is -3.72. The molecule has 4 unspecified atom stereocenters. The van der Waals surface area contributed by atoms with E-state index in [-0.39, 0.29) is 50.9 Å². The molecule has 3 rings (SSSR count). The van der Waals surface area contributed by atoms with Crippen LogP contribution in [0.1, 0.15) is 77.6 Å². The molecule has 0 amide bonds. The fourth-order valence-corrected chi connectivity index (χ4v) is 5.88. The molecule has 7 heteroatoms. The van der Waals surface area contributed by atoms with Gasteiger partial charge in [-0.2, -0.15) is 17.6 Å². The van der Waals surface area contributed by atoms with Gasteiger partial charge < -0.3 is 0 Å². The summed E-state index contributed by atoms with van der Waals surface area (Å²) in [7, 11) is 0. The van der Waals surface area contributed by atoms with E-state index >= 15 is 0 Å². The molecule has 0 spiro atoms. The van der Waals surface area contributed by atoms with Gasteiger partial charge in [0, 0.05) is 11.8 Å². The molecule has 0 N–H and O–H groups in total. The van der Waals surface area contributed by atoms with Crippen LogP contribution in [-0.4, -0.2) is 30.4 Å². The standard InChI is InChI=1S/C22H33F7/c1-13-5-8-17(9-6-13)22(28,29)21(26,27)16-4-2-3-14(7-10-16)15-11-18(23)20(25)19(24)12-15/h13-20H,2-12H2,1H3. The van der Waals surface area contributed by atoms with Crippen LogP contribution >= 0.6 is 0 Å². The van der Waals surface area contributed by atoms with Crippen LogP contribution in [0.5, 0.6) is 0 Å². The van der Waals surface area contributed by atoms with E-state index in [4.69, 9.17) is 0 Å². The third-order valence-corrected chi connectivity index (χ3v) is 7.91. The molecule has 4 atom stereocenters. The van der Waals surface area contributed by atoms with Crippen LogP contribution in [0.15, 0.2) is 0 Å². The number of halogens is 7. The van der Waals surface area contributed by atoms with Crippen molar-refractivity contribution in [2.24, 2.45) is 29.6 Å². The van der Waals surface area contributed by atoms with Gasteiger partial charge in [0.05, 0.1) is 0 Å². The summed E-state index contributed by atoms with van der Waals surface area (Å²) in [5.74, 6) is -11.1. The van der Waals surface area contributed by atoms with E-state index in [1.165, 1.54) is 0 Å². The van der Waals surface area contributed by atoms with E-state index in [1.807, 2.05) is 6.92 Å². The Bertz CT molecular complexity index is 517. The molecule has 3 aliphatic rings. The normalized spacial score (nSPS) is 43.0. The second-order valence-corrected chi connectivity index (χ2v) is 9.88. The lowest BCUT2D eigenvalue weighted by atomic mass is 9.74. The smallest absolute Gasteiger partial charge is 0.244 e. The van der Waals surface area contributed by atoms with Crippen molar-refractivity contribution in [1.82, 2.24) is 0 Å². The van der Waals surface area contributed by atoms with Crippen molar-refractivity contribution >= 4 is 0 Å². The number of alkyl halides is 7. The lowest BCUT2D eigenvalue weighted by Crippen LogP contribution is -2.51. The van der Waals surface area contributed by atoms with Crippen molar-refractivity contribution in [1.29, 1.82) is 0 Å². The Morgan fingerprint density at radius 1 is 0.586 bits per heavy atom. The van der Waals surface area contributed by atoms with E-state index < -0.39 is 48.1 Å². The van der Waals surface area contributed by atoms with Crippen LogP contribution in [0, 0.1) is 29.6 Å². The summed E-state index contributed by atoms with van der Waals surface area (Å²) < 4.78 is 101. The van der Waals surface area contributed by atoms with E-state index in [2.05, 4.69) is 0 Å². The molecule has 170 valence electrons. The third-order valence-electron chi connectivity index (χ3n) is 7.91. The molecular weight excluding hydrogens is 397 g/mol. The molecule has 0 aromatic heterocycles. The summed E-state index contributed by atoms with van der Waals surface area (Å²) in [6.45, 7) is 1.96. The maximum atomic E-state index is 15.0. The number of hydrogen-bond acceptors (Lipinski definition) is 0. The van der Waals surface area contributed by atoms with Crippen LogP contribution in [0.4, 0.5) is 30.7 Å². The fraction of sp³-hybridized carbons (Fsp3) is 1.00. The Morgan fingerprint density at radius 2 is 1.07 bits per heavy atom. The van der Waals surface area contributed by atoms with Crippen LogP contribution in [-0.2, 0) is 0 Å². The molecule has 0 nitrogen and oxygen atoms in total. The molecule has 0 aromatic rings. The first kappa shape index (κ1) is 23.2. The van der Waals surface area contributed by atoms with Gasteiger partial charge in [-0.1, -0.05) is 32.6 Å². The quantitative estimate of drug-likeness (QED) is 0.317. The summed E-state index contributed by atoms with van der Waals surface area (Å²) in [5, 5.41) is 0. The van der Waals surface area contributed by atoms with Crippen molar-refractivity contribution in [3.05, 3.63) is 0 Å². The summed E-state index contributed by atoms with van der Waals surface area (Å²) in [5.41, 5.74) is 0. The van der Waals surface area contributed by atoms with Crippen LogP contribution < -0.4 is 0 Å². The zero-order valence-corrected chi connectivity index (χ0v) is 17.0. The molecule has 3 saturated carbocycles. The molecule has 0 aromatic carbocycles. The van der Waals surface area contributed by atoms with Crippen LogP contribution in [0.2, 0.25) is 0 Å². The second-order valence-electron chi connectivity index (χ2n) is 9.88. The van der Waals surface area contributed by atoms with E-state index in [0.717, 1.165) is 0 Å². The molecule has 0 radical (unpaired) electrons. The lowest BCUT2D eigenvalue weighted by Gasteiger charge is -2.40. The minimum absolute atomic E-state index is 0.00121. The van der Waals surface area contributed by atoms with Gasteiger partial charge in [-0.3, -0.25) is 0 Å². The Morgan fingerprint density at radius 3 is 1.62 bits per heavy atom. The van der Waals surface area contributed by atoms with Crippen molar-refractivity contribution in [2.45, 2.75) is 108 Å². The first-order chi connectivity index (χ1) is 13.5. The first-order valence-corrected chi connectivity index (χ1v) is 11.2. The van der Waals surface area contributed by atoms with E-state index in [9.17, 15) is 30.7 Å². The molecule has 0 heterocycles. The highest BCUT2D eigenvalue weighted by Gasteiger charge is 2.64. The molecule has 0 aliphatic heterocycles. The highest BCUT2D eigenvalue weighted by Crippen LogP contribution is 2.53. The molecule has 3 aliphatic carbocycles. The van der Waals surface area contributed by atoms with Crippen molar-refractivity contribution in [3.8, 4) is 0 Å². The third kappa shape index (κ3) is 4.73. The number of rotatable bonds is 4. The van der Waals surface area contributed by atoms with E-state index in [0.29, 0.717) is 31.6 Å². The maximum absolute atomic E-state index is 15.0. The SMILES string of the molecule is CC1CCC(C(F)(F)C(F)(F)C2CCCC(C3CC(F)C(F)C(F)C3)CC2)CC1. The second kappa shape index (κ2) is 8.94. The van der Waals surface area contributed by atoms with E-state index in [1.54, 1.807) is 0 Å². The molecule has 3 fully saturated rings. The first-order valence-electron chi connectivity index (χ1n) is 11.2.